The minimum atomic E-state index is -0.634. The van der Waals surface area contributed by atoms with Gasteiger partial charge in [0.2, 0.25) is 0 Å². The zero-order valence-corrected chi connectivity index (χ0v) is 13.0. The zero-order valence-electron chi connectivity index (χ0n) is 13.0. The lowest BCUT2D eigenvalue weighted by Gasteiger charge is -2.49. The number of fused-ring (bicyclic) bond motifs is 1. The van der Waals surface area contributed by atoms with E-state index in [9.17, 15) is 9.50 Å². The molecule has 1 N–H and O–H groups in total. The summed E-state index contributed by atoms with van der Waals surface area (Å²) in [6.07, 6.45) is 1.73. The maximum absolute atomic E-state index is 13.3. The Hall–Kier alpha value is -1.13. The molecule has 2 heterocycles. The van der Waals surface area contributed by atoms with Crippen LogP contribution < -0.4 is 4.74 Å². The van der Waals surface area contributed by atoms with Crippen molar-refractivity contribution in [3.63, 3.8) is 0 Å². The Morgan fingerprint density at radius 2 is 1.95 bits per heavy atom. The second kappa shape index (κ2) is 4.96. The van der Waals surface area contributed by atoms with E-state index in [-0.39, 0.29) is 17.0 Å². The molecule has 0 aromatic heterocycles. The average Bonchev–Trinajstić information content (AvgIpc) is 2.39. The van der Waals surface area contributed by atoms with Crippen molar-refractivity contribution in [2.75, 3.05) is 13.1 Å². The number of halogens is 1. The van der Waals surface area contributed by atoms with Crippen LogP contribution in [0.4, 0.5) is 4.39 Å². The summed E-state index contributed by atoms with van der Waals surface area (Å²) in [6.45, 7) is 8.60. The molecule has 0 radical (unpaired) electrons. The van der Waals surface area contributed by atoms with Crippen molar-refractivity contribution in [1.82, 2.24) is 4.90 Å². The van der Waals surface area contributed by atoms with Crippen LogP contribution in [-0.2, 0) is 0 Å². The minimum Gasteiger partial charge on any atom is -0.487 e. The quantitative estimate of drug-likeness (QED) is 0.797. The molecule has 2 aliphatic heterocycles. The molecule has 21 heavy (non-hydrogen) atoms. The number of likely N-dealkylation sites (tertiary alicyclic amines) is 1. The number of benzene rings is 1. The molecule has 1 aromatic rings. The van der Waals surface area contributed by atoms with Crippen molar-refractivity contribution in [3.8, 4) is 5.75 Å². The Labute approximate surface area is 125 Å². The van der Waals surface area contributed by atoms with E-state index in [2.05, 4.69) is 25.7 Å². The summed E-state index contributed by atoms with van der Waals surface area (Å²) in [6, 6.07) is 4.43. The van der Waals surface area contributed by atoms with E-state index in [0.717, 1.165) is 25.9 Å². The maximum atomic E-state index is 13.3. The molecule has 1 saturated heterocycles. The van der Waals surface area contributed by atoms with Gasteiger partial charge in [-0.3, -0.25) is 4.90 Å². The van der Waals surface area contributed by atoms with Gasteiger partial charge in [-0.2, -0.15) is 0 Å². The predicted octanol–water partition coefficient (Wildman–Crippen LogP) is 3.27. The first-order valence-electron chi connectivity index (χ1n) is 7.71. The lowest BCUT2D eigenvalue weighted by atomic mass is 9.80. The van der Waals surface area contributed by atoms with E-state index < -0.39 is 6.10 Å². The fourth-order valence-electron chi connectivity index (χ4n) is 3.50. The Kier molecular flexibility index (Phi) is 3.49. The highest BCUT2D eigenvalue weighted by Gasteiger charge is 2.44. The largest absolute Gasteiger partial charge is 0.487 e. The lowest BCUT2D eigenvalue weighted by Crippen LogP contribution is -2.54. The maximum Gasteiger partial charge on any atom is 0.126 e. The molecule has 2 aliphatic rings. The van der Waals surface area contributed by atoms with Gasteiger partial charge in [0.25, 0.3) is 0 Å². The van der Waals surface area contributed by atoms with E-state index >= 15 is 0 Å². The summed E-state index contributed by atoms with van der Waals surface area (Å²) >= 11 is 0. The van der Waals surface area contributed by atoms with Gasteiger partial charge in [-0.15, -0.1) is 0 Å². The van der Waals surface area contributed by atoms with Crippen LogP contribution in [0.15, 0.2) is 18.2 Å². The molecule has 0 bridgehead atoms. The number of hydrogen-bond donors (Lipinski definition) is 1. The molecular weight excluding hydrogens is 269 g/mol. The van der Waals surface area contributed by atoms with Crippen LogP contribution in [0.1, 0.15) is 51.7 Å². The predicted molar refractivity (Wildman–Crippen MR) is 79.9 cm³/mol. The van der Waals surface area contributed by atoms with Gasteiger partial charge in [0.15, 0.2) is 0 Å². The van der Waals surface area contributed by atoms with Gasteiger partial charge < -0.3 is 9.84 Å². The number of aliphatic hydroxyl groups is 1. The first-order chi connectivity index (χ1) is 9.79. The first kappa shape index (κ1) is 14.8. The van der Waals surface area contributed by atoms with Crippen LogP contribution in [0.2, 0.25) is 0 Å². The van der Waals surface area contributed by atoms with Crippen molar-refractivity contribution in [3.05, 3.63) is 29.6 Å². The first-order valence-corrected chi connectivity index (χ1v) is 7.71. The van der Waals surface area contributed by atoms with Crippen molar-refractivity contribution in [1.29, 1.82) is 0 Å². The Morgan fingerprint density at radius 3 is 2.57 bits per heavy atom. The number of piperidine rings is 1. The third-order valence-corrected chi connectivity index (χ3v) is 4.85. The molecular formula is C17H24FNO2. The van der Waals surface area contributed by atoms with E-state index in [1.54, 1.807) is 6.07 Å². The highest BCUT2D eigenvalue weighted by Crippen LogP contribution is 2.44. The Bertz CT molecular complexity index is 530. The molecule has 1 aromatic carbocycles. The summed E-state index contributed by atoms with van der Waals surface area (Å²) in [5.41, 5.74) is 0.445. The summed E-state index contributed by atoms with van der Waals surface area (Å²) in [5, 5.41) is 10.4. The van der Waals surface area contributed by atoms with Crippen LogP contribution in [0.3, 0.4) is 0 Å². The van der Waals surface area contributed by atoms with Gasteiger partial charge in [0.05, 0.1) is 6.10 Å². The number of hydrogen-bond acceptors (Lipinski definition) is 3. The summed E-state index contributed by atoms with van der Waals surface area (Å²) < 4.78 is 19.5. The van der Waals surface area contributed by atoms with Gasteiger partial charge in [0.1, 0.15) is 17.2 Å². The molecule has 1 unspecified atom stereocenters. The smallest absolute Gasteiger partial charge is 0.126 e. The van der Waals surface area contributed by atoms with Gasteiger partial charge in [-0.05, 0) is 51.8 Å². The third kappa shape index (κ3) is 2.79. The molecule has 1 atom stereocenters. The second-order valence-corrected chi connectivity index (χ2v) is 7.35. The molecule has 1 spiro atoms. The van der Waals surface area contributed by atoms with Crippen LogP contribution >= 0.6 is 0 Å². The van der Waals surface area contributed by atoms with E-state index in [1.165, 1.54) is 12.1 Å². The van der Waals surface area contributed by atoms with Gasteiger partial charge >= 0.3 is 0 Å². The molecule has 116 valence electrons. The fraction of sp³-hybridized carbons (Fsp3) is 0.647. The van der Waals surface area contributed by atoms with Gasteiger partial charge in [-0.25, -0.2) is 4.39 Å². The van der Waals surface area contributed by atoms with E-state index in [4.69, 9.17) is 4.74 Å². The van der Waals surface area contributed by atoms with Crippen molar-refractivity contribution in [2.45, 2.75) is 57.3 Å². The highest BCUT2D eigenvalue weighted by molar-refractivity contribution is 5.38. The van der Waals surface area contributed by atoms with E-state index in [1.807, 2.05) is 0 Å². The van der Waals surface area contributed by atoms with Crippen LogP contribution in [0, 0.1) is 5.82 Å². The number of nitrogens with zero attached hydrogens (tertiary/aromatic N) is 1. The summed E-state index contributed by atoms with van der Waals surface area (Å²) in [5.74, 6) is 0.314. The van der Waals surface area contributed by atoms with E-state index in [0.29, 0.717) is 17.7 Å². The fourth-order valence-corrected chi connectivity index (χ4v) is 3.50. The lowest BCUT2D eigenvalue weighted by molar-refractivity contribution is -0.0670. The summed E-state index contributed by atoms with van der Waals surface area (Å²) in [7, 11) is 0. The van der Waals surface area contributed by atoms with Crippen molar-refractivity contribution >= 4 is 0 Å². The van der Waals surface area contributed by atoms with Crippen LogP contribution in [0.5, 0.6) is 5.75 Å². The molecule has 0 amide bonds. The van der Waals surface area contributed by atoms with Gasteiger partial charge in [0, 0.05) is 30.6 Å². The SMILES string of the molecule is CC(C)(C)N1CCC2(CC1)CC(O)c1cc(F)ccc1O2. The number of rotatable bonds is 0. The van der Waals surface area contributed by atoms with Crippen molar-refractivity contribution in [2.24, 2.45) is 0 Å². The number of ether oxygens (including phenoxy) is 1. The van der Waals surface area contributed by atoms with Crippen molar-refractivity contribution < 1.29 is 14.2 Å². The third-order valence-electron chi connectivity index (χ3n) is 4.85. The summed E-state index contributed by atoms with van der Waals surface area (Å²) in [4.78, 5) is 2.45. The second-order valence-electron chi connectivity index (χ2n) is 7.35. The van der Waals surface area contributed by atoms with Crippen LogP contribution in [0.25, 0.3) is 0 Å². The Balaban J connectivity index is 1.79. The topological polar surface area (TPSA) is 32.7 Å². The molecule has 3 nitrogen and oxygen atoms in total. The molecule has 3 rings (SSSR count). The molecule has 0 aliphatic carbocycles. The standard InChI is InChI=1S/C17H24FNO2/c1-16(2,3)19-8-6-17(7-9-19)11-14(20)13-10-12(18)4-5-15(13)21-17/h4-5,10,14,20H,6-9,11H2,1-3H3. The normalized spacial score (nSPS) is 25.5. The highest BCUT2D eigenvalue weighted by atomic mass is 19.1. The van der Waals surface area contributed by atoms with Crippen LogP contribution in [-0.4, -0.2) is 34.2 Å². The van der Waals surface area contributed by atoms with Gasteiger partial charge in [-0.1, -0.05) is 0 Å². The molecule has 1 fully saturated rings. The zero-order chi connectivity index (χ0) is 15.3. The number of aliphatic hydroxyl groups excluding tert-OH is 1. The Morgan fingerprint density at radius 1 is 1.29 bits per heavy atom. The molecule has 4 heteroatoms. The minimum absolute atomic E-state index is 0.163. The average molecular weight is 293 g/mol. The monoisotopic (exact) mass is 293 g/mol. The molecule has 0 saturated carbocycles.